The number of nitrogens with one attached hydrogen (secondary N) is 1. The molecule has 1 fully saturated rings. The fraction of sp³-hybridized carbons (Fsp3) is 0.231. The summed E-state index contributed by atoms with van der Waals surface area (Å²) in [5.74, 6) is 0.274. The lowest BCUT2D eigenvalue weighted by Crippen LogP contribution is -2.28. The van der Waals surface area contributed by atoms with Gasteiger partial charge in [-0.1, -0.05) is 11.6 Å². The van der Waals surface area contributed by atoms with Crippen LogP contribution in [-0.4, -0.2) is 46.0 Å². The van der Waals surface area contributed by atoms with E-state index >= 15 is 0 Å². The van der Waals surface area contributed by atoms with Gasteiger partial charge in [-0.05, 0) is 85.5 Å². The number of rotatable bonds is 5. The average molecular weight is 523 g/mol. The molecule has 0 saturated carbocycles. The highest BCUT2D eigenvalue weighted by Gasteiger charge is 2.29. The lowest BCUT2D eigenvalue weighted by atomic mass is 9.92. The predicted molar refractivity (Wildman–Crippen MR) is 140 cm³/mol. The number of phenols is 1. The minimum Gasteiger partial charge on any atom is -0.508 e. The zero-order valence-corrected chi connectivity index (χ0v) is 21.0. The first kappa shape index (κ1) is 24.1. The van der Waals surface area contributed by atoms with Gasteiger partial charge in [-0.3, -0.25) is 4.79 Å². The fourth-order valence-electron chi connectivity index (χ4n) is 4.39. The van der Waals surface area contributed by atoms with E-state index in [1.54, 1.807) is 36.4 Å². The Morgan fingerprint density at radius 1 is 1.03 bits per heavy atom. The van der Waals surface area contributed by atoms with Crippen molar-refractivity contribution in [3.05, 3.63) is 70.7 Å². The maximum Gasteiger partial charge on any atom is 0.247 e. The number of phenolic OH excluding ortho intramolecular Hbond substituents is 1. The van der Waals surface area contributed by atoms with Gasteiger partial charge in [-0.15, -0.1) is 10.2 Å². The van der Waals surface area contributed by atoms with Crippen molar-refractivity contribution in [3.8, 4) is 16.9 Å². The average Bonchev–Trinajstić information content (AvgIpc) is 2.86. The Kier molecular flexibility index (Phi) is 6.36. The third-order valence-electron chi connectivity index (χ3n) is 6.36. The normalized spacial score (nSPS) is 15.6. The van der Waals surface area contributed by atoms with Crippen LogP contribution in [-0.2, 0) is 9.84 Å². The topological polar surface area (TPSA) is 122 Å². The minimum absolute atomic E-state index is 0.0293. The summed E-state index contributed by atoms with van der Waals surface area (Å²) >= 11 is 6.32. The maximum absolute atomic E-state index is 12.8. The number of hydrogen-bond acceptors (Lipinski definition) is 8. The van der Waals surface area contributed by atoms with Crippen molar-refractivity contribution in [2.45, 2.75) is 19.8 Å². The van der Waals surface area contributed by atoms with Gasteiger partial charge in [0.1, 0.15) is 21.1 Å². The molecule has 36 heavy (non-hydrogen) atoms. The molecule has 3 aromatic carbocycles. The second kappa shape index (κ2) is 9.48. The number of benzene rings is 3. The molecule has 1 aliphatic heterocycles. The van der Waals surface area contributed by atoms with Crippen molar-refractivity contribution in [2.75, 3.05) is 16.8 Å². The Balaban J connectivity index is 1.34. The number of halogens is 1. The van der Waals surface area contributed by atoms with Gasteiger partial charge in [0.05, 0.1) is 17.0 Å². The van der Waals surface area contributed by atoms with Crippen LogP contribution in [0.2, 0.25) is 5.02 Å². The van der Waals surface area contributed by atoms with E-state index in [2.05, 4.69) is 20.5 Å². The van der Waals surface area contributed by atoms with E-state index in [0.29, 0.717) is 51.7 Å². The largest absolute Gasteiger partial charge is 0.508 e. The van der Waals surface area contributed by atoms with Crippen molar-refractivity contribution >= 4 is 49.9 Å². The summed E-state index contributed by atoms with van der Waals surface area (Å²) in [6.07, 6.45) is 0.743. The fourth-order valence-corrected chi connectivity index (χ4v) is 6.11. The summed E-state index contributed by atoms with van der Waals surface area (Å²) < 4.78 is 23.3. The van der Waals surface area contributed by atoms with Gasteiger partial charge in [0.2, 0.25) is 5.95 Å². The molecule has 5 rings (SSSR count). The maximum atomic E-state index is 12.8. The molecule has 2 N–H and O–H groups in total. The Morgan fingerprint density at radius 2 is 1.75 bits per heavy atom. The number of hydrogen-bond donors (Lipinski definition) is 2. The number of aryl methyl sites for hydroxylation is 1. The SMILES string of the molecule is Cc1cc(-c2cc(O)ccc2Cl)cc2nnc(Nc3ccc(C(=O)C4CCS(=O)(=O)CC4)cc3)nc12. The lowest BCUT2D eigenvalue weighted by Gasteiger charge is -2.20. The van der Waals surface area contributed by atoms with Crippen LogP contribution in [0.1, 0.15) is 28.8 Å². The number of aromatic nitrogens is 3. The van der Waals surface area contributed by atoms with E-state index < -0.39 is 9.84 Å². The molecule has 8 nitrogen and oxygen atoms in total. The van der Waals surface area contributed by atoms with Crippen LogP contribution in [0.15, 0.2) is 54.6 Å². The highest BCUT2D eigenvalue weighted by Crippen LogP contribution is 2.33. The molecule has 0 unspecified atom stereocenters. The number of anilines is 2. The number of carbonyl (C=O) groups excluding carboxylic acids is 1. The first-order valence-electron chi connectivity index (χ1n) is 11.4. The van der Waals surface area contributed by atoms with E-state index in [0.717, 1.165) is 11.1 Å². The molecular formula is C26H23ClN4O4S. The molecule has 10 heteroatoms. The summed E-state index contributed by atoms with van der Waals surface area (Å²) in [7, 11) is -3.01. The smallest absolute Gasteiger partial charge is 0.247 e. The van der Waals surface area contributed by atoms with Gasteiger partial charge in [-0.2, -0.15) is 0 Å². The quantitative estimate of drug-likeness (QED) is 0.347. The van der Waals surface area contributed by atoms with Gasteiger partial charge in [0, 0.05) is 27.8 Å². The summed E-state index contributed by atoms with van der Waals surface area (Å²) in [5, 5.41) is 22.0. The monoisotopic (exact) mass is 522 g/mol. The van der Waals surface area contributed by atoms with Crippen LogP contribution < -0.4 is 5.32 Å². The number of nitrogens with zero attached hydrogens (tertiary/aromatic N) is 3. The van der Waals surface area contributed by atoms with Gasteiger partial charge >= 0.3 is 0 Å². The van der Waals surface area contributed by atoms with Crippen LogP contribution in [0.3, 0.4) is 0 Å². The van der Waals surface area contributed by atoms with E-state index in [9.17, 15) is 18.3 Å². The molecule has 0 amide bonds. The second-order valence-corrected chi connectivity index (χ2v) is 11.7. The predicted octanol–water partition coefficient (Wildman–Crippen LogP) is 5.11. The Hall–Kier alpha value is -3.56. The van der Waals surface area contributed by atoms with Crippen molar-refractivity contribution in [1.82, 2.24) is 15.2 Å². The van der Waals surface area contributed by atoms with Crippen LogP contribution in [0.5, 0.6) is 5.75 Å². The number of ketones is 1. The second-order valence-electron chi connectivity index (χ2n) is 8.95. The molecule has 0 atom stereocenters. The van der Waals surface area contributed by atoms with Crippen molar-refractivity contribution < 1.29 is 18.3 Å². The Morgan fingerprint density at radius 3 is 2.47 bits per heavy atom. The van der Waals surface area contributed by atoms with Gasteiger partial charge < -0.3 is 10.4 Å². The van der Waals surface area contributed by atoms with Gasteiger partial charge in [0.15, 0.2) is 5.78 Å². The van der Waals surface area contributed by atoms with Crippen molar-refractivity contribution in [1.29, 1.82) is 0 Å². The van der Waals surface area contributed by atoms with Crippen molar-refractivity contribution in [2.24, 2.45) is 5.92 Å². The number of carbonyl (C=O) groups is 1. The zero-order chi connectivity index (χ0) is 25.4. The summed E-state index contributed by atoms with van der Waals surface area (Å²) in [5.41, 5.74) is 4.87. The lowest BCUT2D eigenvalue weighted by molar-refractivity contribution is 0.0912. The molecule has 184 valence electrons. The van der Waals surface area contributed by atoms with E-state index in [1.165, 1.54) is 6.07 Å². The number of sulfone groups is 1. The first-order chi connectivity index (χ1) is 17.2. The third-order valence-corrected chi connectivity index (χ3v) is 8.41. The van der Waals surface area contributed by atoms with Crippen LogP contribution in [0.4, 0.5) is 11.6 Å². The van der Waals surface area contributed by atoms with Gasteiger partial charge in [-0.25, -0.2) is 13.4 Å². The molecule has 0 bridgehead atoms. The molecule has 1 aliphatic rings. The van der Waals surface area contributed by atoms with Crippen LogP contribution >= 0.6 is 11.6 Å². The van der Waals surface area contributed by atoms with E-state index in [-0.39, 0.29) is 29.0 Å². The minimum atomic E-state index is -3.01. The van der Waals surface area contributed by atoms with Crippen molar-refractivity contribution in [3.63, 3.8) is 0 Å². The summed E-state index contributed by atoms with van der Waals surface area (Å²) in [6.45, 7) is 1.91. The molecule has 4 aromatic rings. The molecule has 2 heterocycles. The molecule has 1 saturated heterocycles. The zero-order valence-electron chi connectivity index (χ0n) is 19.4. The number of fused-ring (bicyclic) bond motifs is 1. The standard InChI is InChI=1S/C26H23ClN4O4S/c1-15-12-18(21-14-20(32)6-7-22(21)27)13-23-24(15)29-26(31-30-23)28-19-4-2-16(3-5-19)25(33)17-8-10-36(34,35)11-9-17/h2-7,12-14,17,32H,8-11H2,1H3,(H,28,29,31). The Bertz CT molecular complexity index is 1580. The van der Waals surface area contributed by atoms with E-state index in [1.807, 2.05) is 19.1 Å². The highest BCUT2D eigenvalue weighted by atomic mass is 35.5. The summed E-state index contributed by atoms with van der Waals surface area (Å²) in [4.78, 5) is 17.4. The number of aromatic hydroxyl groups is 1. The molecule has 1 aromatic heterocycles. The van der Waals surface area contributed by atoms with E-state index in [4.69, 9.17) is 11.6 Å². The van der Waals surface area contributed by atoms with Crippen LogP contribution in [0, 0.1) is 12.8 Å². The molecular weight excluding hydrogens is 500 g/mol. The third kappa shape index (κ3) is 5.03. The molecule has 0 aliphatic carbocycles. The van der Waals surface area contributed by atoms with Crippen LogP contribution in [0.25, 0.3) is 22.2 Å². The summed E-state index contributed by atoms with van der Waals surface area (Å²) in [6, 6.07) is 15.5. The molecule has 0 radical (unpaired) electrons. The highest BCUT2D eigenvalue weighted by molar-refractivity contribution is 7.91. The first-order valence-corrected chi connectivity index (χ1v) is 13.6. The van der Waals surface area contributed by atoms with Gasteiger partial charge in [0.25, 0.3) is 0 Å². The number of Topliss-reactive ketones (excluding diaryl/α,β-unsaturated/α-hetero) is 1. The molecule has 0 spiro atoms. The Labute approximate surface area is 213 Å².